The quantitative estimate of drug-likeness (QED) is 0.797. The summed E-state index contributed by atoms with van der Waals surface area (Å²) in [6.45, 7) is 1.18. The maximum atomic E-state index is 13.0. The fourth-order valence-corrected chi connectivity index (χ4v) is 3.13. The first-order chi connectivity index (χ1) is 9.70. The monoisotopic (exact) mass is 294 g/mol. The Labute approximate surface area is 121 Å². The molecule has 3 aliphatic rings. The van der Waals surface area contributed by atoms with Crippen molar-refractivity contribution in [2.75, 3.05) is 23.4 Å². The number of carbonyl (C=O) groups excluding carboxylic acids is 1. The Bertz CT molecular complexity index is 569. The number of halogens is 1. The van der Waals surface area contributed by atoms with Crippen LogP contribution in [0.15, 0.2) is 6.20 Å². The molecular formula is C13H15ClN4O2. The normalized spacial score (nSPS) is 24.4. The van der Waals surface area contributed by atoms with Crippen LogP contribution in [0.4, 0.5) is 11.5 Å². The van der Waals surface area contributed by atoms with Crippen molar-refractivity contribution in [2.45, 2.75) is 37.3 Å². The van der Waals surface area contributed by atoms with Crippen molar-refractivity contribution < 1.29 is 9.53 Å². The molecule has 7 heteroatoms. The molecule has 20 heavy (non-hydrogen) atoms. The number of carbonyl (C=O) groups is 1. The molecule has 0 radical (unpaired) electrons. The standard InChI is InChI=1S/C13H15ClN4O2/c14-12-15-7-9-10(16-12)17-13(3-5-20-6-4-13)11(19)18(9)8-1-2-8/h7-8H,1-6H2,(H,15,16,17). The fourth-order valence-electron chi connectivity index (χ4n) is 3.00. The van der Waals surface area contributed by atoms with Crippen LogP contribution in [0, 0.1) is 0 Å². The van der Waals surface area contributed by atoms with Crippen molar-refractivity contribution >= 4 is 29.0 Å². The van der Waals surface area contributed by atoms with Crippen LogP contribution < -0.4 is 10.2 Å². The summed E-state index contributed by atoms with van der Waals surface area (Å²) in [5.74, 6) is 0.792. The highest BCUT2D eigenvalue weighted by Gasteiger charge is 2.51. The number of ether oxygens (including phenoxy) is 1. The third-order valence-electron chi connectivity index (χ3n) is 4.24. The Kier molecular flexibility index (Phi) is 2.65. The molecular weight excluding hydrogens is 280 g/mol. The zero-order valence-corrected chi connectivity index (χ0v) is 11.7. The molecule has 0 bridgehead atoms. The summed E-state index contributed by atoms with van der Waals surface area (Å²) in [7, 11) is 0. The zero-order chi connectivity index (χ0) is 13.7. The number of anilines is 2. The highest BCUT2D eigenvalue weighted by atomic mass is 35.5. The largest absolute Gasteiger partial charge is 0.381 e. The number of nitrogens with zero attached hydrogens (tertiary/aromatic N) is 3. The highest BCUT2D eigenvalue weighted by Crippen LogP contribution is 2.43. The lowest BCUT2D eigenvalue weighted by atomic mass is 9.86. The molecule has 1 amide bonds. The smallest absolute Gasteiger partial charge is 0.253 e. The molecule has 1 saturated carbocycles. The van der Waals surface area contributed by atoms with Crippen molar-refractivity contribution in [3.8, 4) is 0 Å². The van der Waals surface area contributed by atoms with Crippen LogP contribution in [-0.4, -0.2) is 40.7 Å². The lowest BCUT2D eigenvalue weighted by molar-refractivity contribution is -0.126. The van der Waals surface area contributed by atoms with E-state index in [2.05, 4.69) is 15.3 Å². The summed E-state index contributed by atoms with van der Waals surface area (Å²) in [5.41, 5.74) is 0.157. The molecule has 1 saturated heterocycles. The Morgan fingerprint density at radius 1 is 1.40 bits per heavy atom. The number of aromatic nitrogens is 2. The molecule has 1 aliphatic carbocycles. The van der Waals surface area contributed by atoms with Crippen molar-refractivity contribution in [3.05, 3.63) is 11.5 Å². The van der Waals surface area contributed by atoms with E-state index in [1.165, 1.54) is 0 Å². The Morgan fingerprint density at radius 2 is 2.15 bits per heavy atom. The molecule has 3 heterocycles. The number of hydrogen-bond donors (Lipinski definition) is 1. The lowest BCUT2D eigenvalue weighted by Gasteiger charge is -2.44. The van der Waals surface area contributed by atoms with Gasteiger partial charge in [0.2, 0.25) is 5.28 Å². The van der Waals surface area contributed by atoms with Gasteiger partial charge in [0.15, 0.2) is 5.82 Å². The summed E-state index contributed by atoms with van der Waals surface area (Å²) in [5, 5.41) is 3.51. The molecule has 0 aromatic carbocycles. The van der Waals surface area contributed by atoms with E-state index in [0.717, 1.165) is 18.5 Å². The molecule has 0 unspecified atom stereocenters. The van der Waals surface area contributed by atoms with Crippen molar-refractivity contribution in [2.24, 2.45) is 0 Å². The van der Waals surface area contributed by atoms with Gasteiger partial charge in [-0.25, -0.2) is 4.98 Å². The zero-order valence-electron chi connectivity index (χ0n) is 10.9. The van der Waals surface area contributed by atoms with Crippen LogP contribution >= 0.6 is 11.6 Å². The second-order valence-electron chi connectivity index (χ2n) is 5.60. The third-order valence-corrected chi connectivity index (χ3v) is 4.43. The number of fused-ring (bicyclic) bond motifs is 1. The predicted octanol–water partition coefficient (Wildman–Crippen LogP) is 1.60. The summed E-state index contributed by atoms with van der Waals surface area (Å²) in [4.78, 5) is 23.1. The van der Waals surface area contributed by atoms with Crippen molar-refractivity contribution in [1.82, 2.24) is 9.97 Å². The molecule has 1 N–H and O–H groups in total. The van der Waals surface area contributed by atoms with E-state index >= 15 is 0 Å². The van der Waals surface area contributed by atoms with Gasteiger partial charge in [-0.15, -0.1) is 0 Å². The van der Waals surface area contributed by atoms with E-state index in [0.29, 0.717) is 31.9 Å². The lowest BCUT2D eigenvalue weighted by Crippen LogP contribution is -2.60. The number of nitrogens with one attached hydrogen (secondary N) is 1. The molecule has 1 spiro atoms. The molecule has 2 aliphatic heterocycles. The van der Waals surface area contributed by atoms with E-state index in [1.54, 1.807) is 6.20 Å². The van der Waals surface area contributed by atoms with Gasteiger partial charge < -0.3 is 15.0 Å². The van der Waals surface area contributed by atoms with Gasteiger partial charge in [-0.2, -0.15) is 4.98 Å². The summed E-state index contributed by atoms with van der Waals surface area (Å²) >= 11 is 5.89. The Hall–Kier alpha value is -1.40. The van der Waals surface area contributed by atoms with Crippen LogP contribution in [0.3, 0.4) is 0 Å². The van der Waals surface area contributed by atoms with E-state index in [1.807, 2.05) is 4.90 Å². The van der Waals surface area contributed by atoms with Gasteiger partial charge >= 0.3 is 0 Å². The summed E-state index contributed by atoms with van der Waals surface area (Å²) < 4.78 is 5.40. The third kappa shape index (κ3) is 1.78. The fraction of sp³-hybridized carbons (Fsp3) is 0.615. The van der Waals surface area contributed by atoms with Crippen molar-refractivity contribution in [3.63, 3.8) is 0 Å². The minimum Gasteiger partial charge on any atom is -0.381 e. The molecule has 4 rings (SSSR count). The van der Waals surface area contributed by atoms with Crippen LogP contribution in [0.2, 0.25) is 5.28 Å². The second kappa shape index (κ2) is 4.30. The SMILES string of the molecule is O=C1N(C2CC2)c2cnc(Cl)nc2NC12CCOCC2. The maximum absolute atomic E-state index is 13.0. The highest BCUT2D eigenvalue weighted by molar-refractivity contribution is 6.28. The van der Waals surface area contributed by atoms with Gasteiger partial charge in [-0.1, -0.05) is 0 Å². The van der Waals surface area contributed by atoms with Crippen LogP contribution in [0.25, 0.3) is 0 Å². The molecule has 2 fully saturated rings. The molecule has 106 valence electrons. The van der Waals surface area contributed by atoms with E-state index in [-0.39, 0.29) is 17.2 Å². The number of amides is 1. The van der Waals surface area contributed by atoms with E-state index in [4.69, 9.17) is 16.3 Å². The van der Waals surface area contributed by atoms with Gasteiger partial charge in [-0.05, 0) is 24.4 Å². The molecule has 1 aromatic heterocycles. The Balaban J connectivity index is 1.81. The van der Waals surface area contributed by atoms with E-state index < -0.39 is 5.54 Å². The summed E-state index contributed by atoms with van der Waals surface area (Å²) in [6.07, 6.45) is 5.05. The first-order valence-corrected chi connectivity index (χ1v) is 7.30. The second-order valence-corrected chi connectivity index (χ2v) is 5.94. The summed E-state index contributed by atoms with van der Waals surface area (Å²) in [6, 6.07) is 0.285. The van der Waals surface area contributed by atoms with E-state index in [9.17, 15) is 4.79 Å². The predicted molar refractivity (Wildman–Crippen MR) is 74.0 cm³/mol. The molecule has 1 aromatic rings. The minimum absolute atomic E-state index is 0.127. The van der Waals surface area contributed by atoms with Crippen LogP contribution in [0.5, 0.6) is 0 Å². The minimum atomic E-state index is -0.592. The first kappa shape index (κ1) is 12.3. The molecule has 6 nitrogen and oxygen atoms in total. The molecule has 0 atom stereocenters. The van der Waals surface area contributed by atoms with Crippen LogP contribution in [-0.2, 0) is 9.53 Å². The van der Waals surface area contributed by atoms with Crippen molar-refractivity contribution in [1.29, 1.82) is 0 Å². The Morgan fingerprint density at radius 3 is 2.85 bits per heavy atom. The van der Waals surface area contributed by atoms with Gasteiger partial charge in [0.25, 0.3) is 5.91 Å². The number of rotatable bonds is 1. The maximum Gasteiger partial charge on any atom is 0.253 e. The number of hydrogen-bond acceptors (Lipinski definition) is 5. The average molecular weight is 295 g/mol. The first-order valence-electron chi connectivity index (χ1n) is 6.92. The van der Waals surface area contributed by atoms with Crippen LogP contribution in [0.1, 0.15) is 25.7 Å². The van der Waals surface area contributed by atoms with Gasteiger partial charge in [0.1, 0.15) is 11.2 Å². The van der Waals surface area contributed by atoms with Gasteiger partial charge in [-0.3, -0.25) is 4.79 Å². The van der Waals surface area contributed by atoms with Gasteiger partial charge in [0.05, 0.1) is 6.20 Å². The van der Waals surface area contributed by atoms with Gasteiger partial charge in [0, 0.05) is 32.1 Å². The topological polar surface area (TPSA) is 67.4 Å². The average Bonchev–Trinajstić information content (AvgIpc) is 3.26.